The number of hydrogen-bond donors (Lipinski definition) is 1. The molecule has 0 fully saturated rings. The molecule has 2 aliphatic rings. The first-order valence-corrected chi connectivity index (χ1v) is 8.03. The van der Waals surface area contributed by atoms with Crippen molar-refractivity contribution in [3.8, 4) is 0 Å². The Bertz CT molecular complexity index is 765. The van der Waals surface area contributed by atoms with E-state index in [0.717, 1.165) is 30.3 Å². The van der Waals surface area contributed by atoms with Gasteiger partial charge in [-0.05, 0) is 24.5 Å². The third-order valence-corrected chi connectivity index (χ3v) is 5.06. The Morgan fingerprint density at radius 2 is 2.10 bits per heavy atom. The summed E-state index contributed by atoms with van der Waals surface area (Å²) in [5.41, 5.74) is 1.87. The van der Waals surface area contributed by atoms with E-state index in [9.17, 15) is 13.2 Å². The van der Waals surface area contributed by atoms with E-state index in [4.69, 9.17) is 5.11 Å². The van der Waals surface area contributed by atoms with E-state index >= 15 is 0 Å². The van der Waals surface area contributed by atoms with E-state index in [-0.39, 0.29) is 17.0 Å². The number of hydrogen-bond acceptors (Lipinski definition) is 4. The van der Waals surface area contributed by atoms with Gasteiger partial charge in [-0.2, -0.15) is 12.8 Å². The van der Waals surface area contributed by atoms with E-state index in [1.165, 1.54) is 0 Å². The summed E-state index contributed by atoms with van der Waals surface area (Å²) in [6.45, 7) is 0.740. The van der Waals surface area contributed by atoms with Gasteiger partial charge in [0.25, 0.3) is 10.0 Å². The van der Waals surface area contributed by atoms with Gasteiger partial charge >= 0.3 is 5.97 Å². The highest BCUT2D eigenvalue weighted by Gasteiger charge is 2.32. The topological polar surface area (TPSA) is 87.0 Å². The second kappa shape index (κ2) is 5.00. The first-order chi connectivity index (χ1) is 9.99. The van der Waals surface area contributed by atoms with Crippen molar-refractivity contribution in [2.75, 3.05) is 18.0 Å². The van der Waals surface area contributed by atoms with Crippen molar-refractivity contribution in [1.82, 2.24) is 0 Å². The molecule has 3 rings (SSSR count). The zero-order valence-electron chi connectivity index (χ0n) is 11.2. The monoisotopic (exact) mass is 306 g/mol. The predicted molar refractivity (Wildman–Crippen MR) is 79.0 cm³/mol. The van der Waals surface area contributed by atoms with E-state index in [2.05, 4.69) is 4.40 Å². The highest BCUT2D eigenvalue weighted by molar-refractivity contribution is 7.94. The predicted octanol–water partition coefficient (Wildman–Crippen LogP) is 1.19. The van der Waals surface area contributed by atoms with Gasteiger partial charge in [0.15, 0.2) is 0 Å². The van der Waals surface area contributed by atoms with Crippen LogP contribution < -0.4 is 4.90 Å². The van der Waals surface area contributed by atoms with Crippen LogP contribution in [0.2, 0.25) is 0 Å². The van der Waals surface area contributed by atoms with Gasteiger partial charge in [0, 0.05) is 12.2 Å². The SMILES string of the molecule is O=C(O)C1=C(CN2CCCc3ccccc32)S(=O)(=O)N=C1. The molecule has 7 heteroatoms. The van der Waals surface area contributed by atoms with Crippen molar-refractivity contribution >= 4 is 27.9 Å². The number of rotatable bonds is 3. The van der Waals surface area contributed by atoms with Crippen LogP contribution in [0.15, 0.2) is 39.1 Å². The Hall–Kier alpha value is -2.15. The number of sulfonamides is 1. The summed E-state index contributed by atoms with van der Waals surface area (Å²) in [5.74, 6) is -1.26. The highest BCUT2D eigenvalue weighted by Crippen LogP contribution is 2.30. The fraction of sp³-hybridized carbons (Fsp3) is 0.286. The fourth-order valence-corrected chi connectivity index (χ4v) is 3.80. The third kappa shape index (κ3) is 2.44. The fourth-order valence-electron chi connectivity index (χ4n) is 2.69. The number of nitrogens with zero attached hydrogens (tertiary/aromatic N) is 2. The number of aliphatic carboxylic acids is 1. The van der Waals surface area contributed by atoms with Crippen LogP contribution >= 0.6 is 0 Å². The molecule has 0 saturated heterocycles. The maximum atomic E-state index is 11.9. The minimum atomic E-state index is -3.86. The Morgan fingerprint density at radius 3 is 2.86 bits per heavy atom. The van der Waals surface area contributed by atoms with Gasteiger partial charge in [0.2, 0.25) is 0 Å². The van der Waals surface area contributed by atoms with E-state index in [1.807, 2.05) is 29.2 Å². The standard InChI is InChI=1S/C14H14N2O4S/c17-14(18)11-8-15-21(19,20)13(11)9-16-7-3-5-10-4-1-2-6-12(10)16/h1-2,4,6,8H,3,5,7,9H2,(H,17,18). The van der Waals surface area contributed by atoms with Crippen molar-refractivity contribution in [2.45, 2.75) is 12.8 Å². The Balaban J connectivity index is 1.98. The number of anilines is 1. The molecule has 0 atom stereocenters. The molecule has 0 saturated carbocycles. The van der Waals surface area contributed by atoms with Gasteiger partial charge in [0.05, 0.1) is 18.3 Å². The highest BCUT2D eigenvalue weighted by atomic mass is 32.2. The van der Waals surface area contributed by atoms with E-state index in [1.54, 1.807) is 0 Å². The summed E-state index contributed by atoms with van der Waals surface area (Å²) < 4.78 is 27.2. The average molecular weight is 306 g/mol. The van der Waals surface area contributed by atoms with Crippen LogP contribution in [0.1, 0.15) is 12.0 Å². The molecule has 110 valence electrons. The summed E-state index contributed by atoms with van der Waals surface area (Å²) in [6, 6.07) is 7.77. The first-order valence-electron chi connectivity index (χ1n) is 6.59. The molecule has 1 aromatic carbocycles. The Morgan fingerprint density at radius 1 is 1.33 bits per heavy atom. The van der Waals surface area contributed by atoms with Gasteiger partial charge in [-0.3, -0.25) is 0 Å². The van der Waals surface area contributed by atoms with Gasteiger partial charge in [-0.1, -0.05) is 18.2 Å². The van der Waals surface area contributed by atoms with Crippen molar-refractivity contribution in [3.05, 3.63) is 40.3 Å². The molecule has 0 radical (unpaired) electrons. The van der Waals surface area contributed by atoms with Crippen molar-refractivity contribution in [2.24, 2.45) is 4.40 Å². The molecular formula is C14H14N2O4S. The molecule has 1 aromatic rings. The molecule has 0 aliphatic carbocycles. The van der Waals surface area contributed by atoms with Gasteiger partial charge < -0.3 is 10.0 Å². The number of carboxylic acids is 1. The zero-order chi connectivity index (χ0) is 15.0. The lowest BCUT2D eigenvalue weighted by molar-refractivity contribution is -0.132. The van der Waals surface area contributed by atoms with Crippen LogP contribution in [0.3, 0.4) is 0 Å². The van der Waals surface area contributed by atoms with Crippen molar-refractivity contribution in [3.63, 3.8) is 0 Å². The molecule has 0 unspecified atom stereocenters. The van der Waals surface area contributed by atoms with Crippen LogP contribution in [0.25, 0.3) is 0 Å². The molecule has 6 nitrogen and oxygen atoms in total. The molecule has 2 aliphatic heterocycles. The van der Waals surface area contributed by atoms with E-state index < -0.39 is 16.0 Å². The first kappa shape index (κ1) is 13.8. The van der Waals surface area contributed by atoms with Crippen molar-refractivity contribution < 1.29 is 18.3 Å². The maximum Gasteiger partial charge on any atom is 0.338 e. The summed E-state index contributed by atoms with van der Waals surface area (Å²) in [5, 5.41) is 9.11. The van der Waals surface area contributed by atoms with Gasteiger partial charge in [0.1, 0.15) is 4.91 Å². The lowest BCUT2D eigenvalue weighted by Gasteiger charge is -2.31. The second-order valence-corrected chi connectivity index (χ2v) is 6.66. The number of carboxylic acid groups (broad SMARTS) is 1. The van der Waals surface area contributed by atoms with Crippen LogP contribution in [0.4, 0.5) is 5.69 Å². The molecule has 0 spiro atoms. The number of para-hydroxylation sites is 1. The minimum Gasteiger partial charge on any atom is -0.478 e. The molecule has 0 bridgehead atoms. The molecule has 0 aromatic heterocycles. The summed E-state index contributed by atoms with van der Waals surface area (Å²) in [4.78, 5) is 12.9. The third-order valence-electron chi connectivity index (χ3n) is 3.70. The van der Waals surface area contributed by atoms with Crippen molar-refractivity contribution in [1.29, 1.82) is 0 Å². The molecule has 21 heavy (non-hydrogen) atoms. The summed E-state index contributed by atoms with van der Waals surface area (Å²) in [6.07, 6.45) is 2.78. The van der Waals surface area contributed by atoms with E-state index in [0.29, 0.717) is 6.54 Å². The van der Waals surface area contributed by atoms with Crippen LogP contribution in [0.5, 0.6) is 0 Å². The number of benzene rings is 1. The second-order valence-electron chi connectivity index (χ2n) is 5.01. The zero-order valence-corrected chi connectivity index (χ0v) is 12.0. The number of fused-ring (bicyclic) bond motifs is 1. The normalized spacial score (nSPS) is 19.7. The van der Waals surface area contributed by atoms with Crippen LogP contribution in [-0.4, -0.2) is 38.8 Å². The van der Waals surface area contributed by atoms with Crippen LogP contribution in [0, 0.1) is 0 Å². The minimum absolute atomic E-state index is 0.0426. The lowest BCUT2D eigenvalue weighted by atomic mass is 10.0. The largest absolute Gasteiger partial charge is 0.478 e. The molecule has 0 amide bonds. The number of carbonyl (C=O) groups is 1. The summed E-state index contributed by atoms with van der Waals surface area (Å²) in [7, 11) is -3.86. The maximum absolute atomic E-state index is 11.9. The quantitative estimate of drug-likeness (QED) is 0.906. The lowest BCUT2D eigenvalue weighted by Crippen LogP contribution is -2.32. The van der Waals surface area contributed by atoms with Crippen LogP contribution in [-0.2, 0) is 21.2 Å². The summed E-state index contributed by atoms with van der Waals surface area (Å²) >= 11 is 0. The smallest absolute Gasteiger partial charge is 0.338 e. The molecule has 2 heterocycles. The number of aryl methyl sites for hydroxylation is 1. The van der Waals surface area contributed by atoms with Gasteiger partial charge in [-0.25, -0.2) is 4.79 Å². The van der Waals surface area contributed by atoms with Gasteiger partial charge in [-0.15, -0.1) is 0 Å². The molecule has 1 N–H and O–H groups in total. The Labute approximate surface area is 122 Å². The molecular weight excluding hydrogens is 292 g/mol. The Kier molecular flexibility index (Phi) is 3.29. The average Bonchev–Trinajstić information content (AvgIpc) is 2.75.